The number of benzene rings is 7. The molecule has 0 radical (unpaired) electrons. The smallest absolute Gasteiger partial charge is 0.0620 e. The molecule has 1 heteroatoms. The van der Waals surface area contributed by atoms with Crippen LogP contribution in [0.3, 0.4) is 0 Å². The van der Waals surface area contributed by atoms with E-state index in [0.29, 0.717) is 0 Å². The van der Waals surface area contributed by atoms with E-state index in [0.717, 1.165) is 0 Å². The van der Waals surface area contributed by atoms with Crippen molar-refractivity contribution in [1.29, 1.82) is 0 Å². The molecule has 0 bridgehead atoms. The van der Waals surface area contributed by atoms with E-state index in [4.69, 9.17) is 0 Å². The Morgan fingerprint density at radius 1 is 0.314 bits per heavy atom. The minimum atomic E-state index is 1.26. The van der Waals surface area contributed by atoms with Gasteiger partial charge >= 0.3 is 0 Å². The number of aromatic nitrogens is 1. The van der Waals surface area contributed by atoms with Crippen molar-refractivity contribution >= 4 is 38.1 Å². The lowest BCUT2D eigenvalue weighted by atomic mass is 9.88. The van der Waals surface area contributed by atoms with Crippen molar-refractivity contribution in [1.82, 2.24) is 4.40 Å². The maximum absolute atomic E-state index is 2.49. The van der Waals surface area contributed by atoms with Crippen molar-refractivity contribution in [2.45, 2.75) is 55.4 Å². The predicted molar refractivity (Wildman–Crippen MR) is 221 cm³/mol. The zero-order chi connectivity index (χ0) is 35.3. The molecule has 2 aromatic heterocycles. The van der Waals surface area contributed by atoms with Crippen LogP contribution in [0.25, 0.3) is 82.6 Å². The molecule has 2 heterocycles. The van der Waals surface area contributed by atoms with Crippen LogP contribution in [-0.4, -0.2) is 4.40 Å². The van der Waals surface area contributed by atoms with E-state index in [1.807, 2.05) is 0 Å². The third kappa shape index (κ3) is 4.68. The highest BCUT2D eigenvalue weighted by Gasteiger charge is 2.20. The molecule has 0 amide bonds. The average molecular weight is 658 g/mol. The summed E-state index contributed by atoms with van der Waals surface area (Å²) in [5, 5.41) is 5.24. The molecule has 1 nitrogen and oxygen atoms in total. The zero-order valence-electron chi connectivity index (χ0n) is 30.9. The minimum absolute atomic E-state index is 1.26. The van der Waals surface area contributed by atoms with Gasteiger partial charge in [0.2, 0.25) is 0 Å². The Hall–Kier alpha value is -5.66. The second-order valence-corrected chi connectivity index (χ2v) is 15.0. The van der Waals surface area contributed by atoms with Gasteiger partial charge in [0.25, 0.3) is 0 Å². The molecule has 0 saturated heterocycles. The number of para-hydroxylation sites is 1. The third-order valence-electron chi connectivity index (χ3n) is 11.6. The molecule has 0 fully saturated rings. The van der Waals surface area contributed by atoms with Crippen molar-refractivity contribution in [2.24, 2.45) is 0 Å². The van der Waals surface area contributed by atoms with Crippen LogP contribution in [0.1, 0.15) is 44.5 Å². The first-order valence-electron chi connectivity index (χ1n) is 18.2. The lowest BCUT2D eigenvalue weighted by molar-refractivity contribution is 1.33. The zero-order valence-corrected chi connectivity index (χ0v) is 30.9. The first-order chi connectivity index (χ1) is 24.6. The maximum atomic E-state index is 2.49. The van der Waals surface area contributed by atoms with Gasteiger partial charge in [-0.2, -0.15) is 0 Å². The third-order valence-corrected chi connectivity index (χ3v) is 11.6. The number of hydrogen-bond donors (Lipinski definition) is 0. The highest BCUT2D eigenvalue weighted by molar-refractivity contribution is 6.24. The Balaban J connectivity index is 1.17. The number of rotatable bonds is 4. The van der Waals surface area contributed by atoms with Crippen LogP contribution in [0, 0.1) is 55.4 Å². The molecule has 0 spiro atoms. The van der Waals surface area contributed by atoms with Gasteiger partial charge in [-0.05, 0) is 169 Å². The molecular formula is C50H43N. The van der Waals surface area contributed by atoms with Gasteiger partial charge < -0.3 is 4.40 Å². The summed E-state index contributed by atoms with van der Waals surface area (Å²) in [5.41, 5.74) is 24.9. The van der Waals surface area contributed by atoms with Crippen LogP contribution in [0.4, 0.5) is 0 Å². The van der Waals surface area contributed by atoms with Gasteiger partial charge in [0, 0.05) is 21.5 Å². The van der Waals surface area contributed by atoms with E-state index in [9.17, 15) is 0 Å². The molecule has 0 atom stereocenters. The fraction of sp³-hybridized carbons (Fsp3) is 0.160. The van der Waals surface area contributed by atoms with Crippen LogP contribution in [0.15, 0.2) is 115 Å². The van der Waals surface area contributed by atoms with Crippen molar-refractivity contribution in [3.63, 3.8) is 0 Å². The number of fused-ring (bicyclic) bond motifs is 6. The Morgan fingerprint density at radius 2 is 0.667 bits per heavy atom. The number of hydrogen-bond acceptors (Lipinski definition) is 0. The Bertz CT molecular complexity index is 2640. The Morgan fingerprint density at radius 3 is 1.08 bits per heavy atom. The lowest BCUT2D eigenvalue weighted by Crippen LogP contribution is -1.94. The molecule has 0 N–H and O–H groups in total. The van der Waals surface area contributed by atoms with Crippen LogP contribution >= 0.6 is 0 Å². The van der Waals surface area contributed by atoms with Crippen LogP contribution < -0.4 is 0 Å². The number of nitrogens with zero attached hydrogens (tertiary/aromatic N) is 1. The number of aryl methyl sites for hydroxylation is 8. The molecule has 9 aromatic rings. The highest BCUT2D eigenvalue weighted by Crippen LogP contribution is 2.43. The molecule has 9 rings (SSSR count). The summed E-state index contributed by atoms with van der Waals surface area (Å²) in [6, 6.07) is 43.8. The lowest BCUT2D eigenvalue weighted by Gasteiger charge is -2.17. The molecule has 0 unspecified atom stereocenters. The second kappa shape index (κ2) is 11.4. The van der Waals surface area contributed by atoms with Gasteiger partial charge in [-0.25, -0.2) is 0 Å². The molecule has 0 aliphatic carbocycles. The Labute approximate surface area is 301 Å². The molecule has 0 aliphatic heterocycles. The normalized spacial score (nSPS) is 11.9. The first kappa shape index (κ1) is 31.3. The fourth-order valence-electron chi connectivity index (χ4n) is 9.09. The van der Waals surface area contributed by atoms with E-state index in [2.05, 4.69) is 175 Å². The van der Waals surface area contributed by atoms with Crippen LogP contribution in [0.5, 0.6) is 0 Å². The molecule has 0 saturated carbocycles. The van der Waals surface area contributed by atoms with E-state index in [1.54, 1.807) is 0 Å². The average Bonchev–Trinajstić information content (AvgIpc) is 3.62. The second-order valence-electron chi connectivity index (χ2n) is 15.0. The summed E-state index contributed by atoms with van der Waals surface area (Å²) in [6.07, 6.45) is 0. The Kier molecular flexibility index (Phi) is 7.03. The predicted octanol–water partition coefficient (Wildman–Crippen LogP) is 14.0. The molecular weight excluding hydrogens is 615 g/mol. The van der Waals surface area contributed by atoms with Crippen LogP contribution in [-0.2, 0) is 0 Å². The summed E-state index contributed by atoms with van der Waals surface area (Å²) in [5.74, 6) is 0. The molecule has 7 aromatic carbocycles. The monoisotopic (exact) mass is 657 g/mol. The van der Waals surface area contributed by atoms with Crippen molar-refractivity contribution < 1.29 is 0 Å². The summed E-state index contributed by atoms with van der Waals surface area (Å²) in [4.78, 5) is 0. The molecule has 0 aliphatic rings. The molecule has 51 heavy (non-hydrogen) atoms. The van der Waals surface area contributed by atoms with Gasteiger partial charge in [-0.15, -0.1) is 0 Å². The van der Waals surface area contributed by atoms with Gasteiger partial charge in [0.1, 0.15) is 0 Å². The van der Waals surface area contributed by atoms with Crippen molar-refractivity contribution in [3.8, 4) is 44.5 Å². The highest BCUT2D eigenvalue weighted by atomic mass is 14.9. The quantitative estimate of drug-likeness (QED) is 0.177. The summed E-state index contributed by atoms with van der Waals surface area (Å²) < 4.78 is 2.49. The van der Waals surface area contributed by atoms with E-state index < -0.39 is 0 Å². The topological polar surface area (TPSA) is 4.41 Å². The maximum Gasteiger partial charge on any atom is 0.0620 e. The summed E-state index contributed by atoms with van der Waals surface area (Å²) in [6.45, 7) is 17.9. The van der Waals surface area contributed by atoms with Crippen molar-refractivity contribution in [2.75, 3.05) is 0 Å². The fourth-order valence-corrected chi connectivity index (χ4v) is 9.09. The van der Waals surface area contributed by atoms with Gasteiger partial charge in [-0.3, -0.25) is 0 Å². The largest absolute Gasteiger partial charge is 0.308 e. The molecule has 248 valence electrons. The first-order valence-corrected chi connectivity index (χ1v) is 18.2. The standard InChI is InChI=1S/C50H43N/c1-28-12-9-13-29(2)48(28)42-24-32(5)40(22-34(42)7)36-18-20-46-44(26-36)38-16-11-17-39-45-27-37(19-21-47(45)51(46)50(38)39)41-23-35(8)43(25-33(41)6)49-30(3)14-10-15-31(49)4/h9-27H,1-8H3. The van der Waals surface area contributed by atoms with Crippen molar-refractivity contribution in [3.05, 3.63) is 160 Å². The SMILES string of the molecule is Cc1cc(-c2c(C)cccc2C)c(C)cc1-c1ccc2c(c1)c1cccc3c4cc(-c5cc(C)c(-c6c(C)cccc6C)cc5C)ccc4n2c13. The van der Waals surface area contributed by atoms with Gasteiger partial charge in [-0.1, -0.05) is 91.0 Å². The minimum Gasteiger partial charge on any atom is -0.308 e. The van der Waals surface area contributed by atoms with Crippen LogP contribution in [0.2, 0.25) is 0 Å². The van der Waals surface area contributed by atoms with E-state index >= 15 is 0 Å². The van der Waals surface area contributed by atoms with E-state index in [1.165, 1.54) is 127 Å². The summed E-state index contributed by atoms with van der Waals surface area (Å²) in [7, 11) is 0. The van der Waals surface area contributed by atoms with E-state index in [-0.39, 0.29) is 0 Å². The summed E-state index contributed by atoms with van der Waals surface area (Å²) >= 11 is 0. The van der Waals surface area contributed by atoms with Gasteiger partial charge in [0.15, 0.2) is 0 Å². The van der Waals surface area contributed by atoms with Gasteiger partial charge in [0.05, 0.1) is 16.6 Å².